The van der Waals surface area contributed by atoms with E-state index in [1.807, 2.05) is 28.4 Å². The Morgan fingerprint density at radius 2 is 1.82 bits per heavy atom. The molecule has 0 spiro atoms. The van der Waals surface area contributed by atoms with Gasteiger partial charge in [-0.05, 0) is 61.0 Å². The van der Waals surface area contributed by atoms with E-state index in [-0.39, 0.29) is 28.0 Å². The second-order valence-electron chi connectivity index (χ2n) is 7.09. The van der Waals surface area contributed by atoms with Crippen molar-refractivity contribution in [2.45, 2.75) is 35.8 Å². The fraction of sp³-hybridized carbons (Fsp3) is 0.167. The highest BCUT2D eigenvalue weighted by atomic mass is 32.2. The van der Waals surface area contributed by atoms with Crippen molar-refractivity contribution < 1.29 is 17.5 Å². The molecule has 178 valence electrons. The molecule has 2 aromatic rings. The number of rotatable bonds is 9. The molecule has 0 heterocycles. The van der Waals surface area contributed by atoms with Crippen LogP contribution in [-0.4, -0.2) is 20.0 Å². The average Bonchev–Trinajstić information content (AvgIpc) is 2.77. The Bertz CT molecular complexity index is 1220. The van der Waals surface area contributed by atoms with Crippen molar-refractivity contribution in [3.05, 3.63) is 90.7 Å². The van der Waals surface area contributed by atoms with Gasteiger partial charge in [-0.3, -0.25) is 5.32 Å². The predicted octanol–water partition coefficient (Wildman–Crippen LogP) is 4.58. The first-order valence-corrected chi connectivity index (χ1v) is 12.2. The van der Waals surface area contributed by atoms with E-state index < -0.39 is 15.4 Å². The molecule has 0 saturated heterocycles. The van der Waals surface area contributed by atoms with Crippen LogP contribution in [-0.2, 0) is 16.4 Å². The van der Waals surface area contributed by atoms with E-state index in [1.54, 1.807) is 30.4 Å². The largest absolute Gasteiger partial charge is 0.455 e. The summed E-state index contributed by atoms with van der Waals surface area (Å²) < 4.78 is 44.5. The summed E-state index contributed by atoms with van der Waals surface area (Å²) in [5, 5.41) is 14.5. The monoisotopic (exact) mass is 500 g/mol. The molecule has 0 radical (unpaired) electrons. The van der Waals surface area contributed by atoms with Crippen molar-refractivity contribution in [3.8, 4) is 11.9 Å². The number of guanidine groups is 1. The van der Waals surface area contributed by atoms with Gasteiger partial charge in [0, 0.05) is 12.6 Å². The zero-order chi connectivity index (χ0) is 25.2. The van der Waals surface area contributed by atoms with Gasteiger partial charge in [-0.25, -0.2) is 13.4 Å². The van der Waals surface area contributed by atoms with Crippen molar-refractivity contribution in [1.82, 2.24) is 10.6 Å². The number of sulfone groups is 1. The van der Waals surface area contributed by atoms with E-state index in [9.17, 15) is 12.8 Å². The van der Waals surface area contributed by atoms with Crippen LogP contribution in [0.1, 0.15) is 19.4 Å². The summed E-state index contributed by atoms with van der Waals surface area (Å²) in [6, 6.07) is 11.8. The molecule has 0 saturated carbocycles. The summed E-state index contributed by atoms with van der Waals surface area (Å²) in [4.78, 5) is 4.51. The molecule has 0 bridgehead atoms. The average molecular weight is 501 g/mol. The van der Waals surface area contributed by atoms with Crippen LogP contribution in [0.2, 0.25) is 0 Å². The van der Waals surface area contributed by atoms with E-state index in [1.165, 1.54) is 43.3 Å². The van der Waals surface area contributed by atoms with Gasteiger partial charge < -0.3 is 10.1 Å². The molecule has 0 fully saturated rings. The molecular weight excluding hydrogens is 474 g/mol. The molecule has 0 aliphatic heterocycles. The first-order chi connectivity index (χ1) is 16.1. The molecule has 2 N–H and O–H groups in total. The quantitative estimate of drug-likeness (QED) is 0.130. The van der Waals surface area contributed by atoms with Crippen LogP contribution >= 0.6 is 9.24 Å². The normalized spacial score (nSPS) is 14.2. The summed E-state index contributed by atoms with van der Waals surface area (Å²) in [7, 11) is -1.86. The van der Waals surface area contributed by atoms with Crippen LogP contribution < -0.4 is 15.4 Å². The van der Waals surface area contributed by atoms with Gasteiger partial charge in [0.15, 0.2) is 6.19 Å². The predicted molar refractivity (Wildman–Crippen MR) is 134 cm³/mol. The zero-order valence-electron chi connectivity index (χ0n) is 18.8. The van der Waals surface area contributed by atoms with Crippen LogP contribution in [0, 0.1) is 11.5 Å². The van der Waals surface area contributed by atoms with Crippen molar-refractivity contribution in [2.24, 2.45) is 4.99 Å². The lowest BCUT2D eigenvalue weighted by Gasteiger charge is -2.17. The minimum atomic E-state index is -3.77. The molecular formula is C24H26FN4O3PS. The van der Waals surface area contributed by atoms with Gasteiger partial charge >= 0.3 is 0 Å². The highest BCUT2D eigenvalue weighted by Gasteiger charge is 2.20. The Kier molecular flexibility index (Phi) is 9.55. The maximum Gasteiger partial charge on any atom is 0.256 e. The summed E-state index contributed by atoms with van der Waals surface area (Å²) in [6.45, 7) is 6.94. The van der Waals surface area contributed by atoms with Crippen molar-refractivity contribution >= 4 is 25.0 Å². The van der Waals surface area contributed by atoms with Crippen molar-refractivity contribution in [3.63, 3.8) is 0 Å². The van der Waals surface area contributed by atoms with Crippen LogP contribution in [0.5, 0.6) is 5.75 Å². The fourth-order valence-electron chi connectivity index (χ4n) is 2.74. The van der Waals surface area contributed by atoms with Gasteiger partial charge in [0.1, 0.15) is 5.75 Å². The van der Waals surface area contributed by atoms with Gasteiger partial charge in [-0.2, -0.15) is 9.65 Å². The lowest BCUT2D eigenvalue weighted by atomic mass is 10.2. The van der Waals surface area contributed by atoms with Crippen LogP contribution in [0.3, 0.4) is 0 Å². The maximum absolute atomic E-state index is 13.6. The highest BCUT2D eigenvalue weighted by molar-refractivity contribution is 7.91. The van der Waals surface area contributed by atoms with Gasteiger partial charge in [0.25, 0.3) is 5.60 Å². The number of nitrogens with one attached hydrogen (secondary N) is 2. The number of hydrogen-bond acceptors (Lipinski definition) is 5. The highest BCUT2D eigenvalue weighted by Crippen LogP contribution is 2.28. The number of allylic oxidation sites excluding steroid dienone is 4. The molecule has 7 nitrogen and oxygen atoms in total. The number of ether oxygens (including phenoxy) is 1. The first kappa shape index (κ1) is 26.8. The summed E-state index contributed by atoms with van der Waals surface area (Å²) in [5.41, 5.74) is -0.525. The van der Waals surface area contributed by atoms with Gasteiger partial charge in [0.05, 0.1) is 16.3 Å². The topological polar surface area (TPSA) is 104 Å². The van der Waals surface area contributed by atoms with E-state index in [2.05, 4.69) is 22.2 Å². The third kappa shape index (κ3) is 8.14. The minimum Gasteiger partial charge on any atom is -0.455 e. The molecule has 0 aliphatic carbocycles. The lowest BCUT2D eigenvalue weighted by Crippen LogP contribution is -2.33. The standard InChI is InChI=1S/C24H26FN4O3PS/c1-4-6-19(7-5-2)29-23(28-17-26)27-16-18-8-12-21(13-9-18)34(30,31)22-14-10-20(11-15-22)32-24(3,25)33/h4-15H,1,16,33H2,2-3H3,(H2,27,28,29)/b7-5-,19-6+. The van der Waals surface area contributed by atoms with E-state index in [4.69, 9.17) is 10.00 Å². The Hall–Kier alpha value is -3.47. The second kappa shape index (κ2) is 12.1. The first-order valence-electron chi connectivity index (χ1n) is 10.1. The molecule has 2 atom stereocenters. The van der Waals surface area contributed by atoms with Crippen LogP contribution in [0.4, 0.5) is 4.39 Å². The molecule has 2 unspecified atom stereocenters. The van der Waals surface area contributed by atoms with Gasteiger partial charge in [-0.15, -0.1) is 0 Å². The third-order valence-corrected chi connectivity index (χ3v) is 6.09. The zero-order valence-corrected chi connectivity index (χ0v) is 20.8. The van der Waals surface area contributed by atoms with Crippen LogP contribution in [0.15, 0.2) is 99.9 Å². The van der Waals surface area contributed by atoms with E-state index in [0.29, 0.717) is 5.70 Å². The molecule has 0 aromatic heterocycles. The summed E-state index contributed by atoms with van der Waals surface area (Å²) in [5.74, 6) is 0.450. The Labute approximate surface area is 201 Å². The molecule has 10 heteroatoms. The third-order valence-electron chi connectivity index (χ3n) is 4.19. The van der Waals surface area contributed by atoms with Crippen LogP contribution in [0.25, 0.3) is 0 Å². The number of nitrogens with zero attached hydrogens (tertiary/aromatic N) is 2. The maximum atomic E-state index is 13.6. The number of halogens is 1. The number of benzene rings is 2. The summed E-state index contributed by atoms with van der Waals surface area (Å²) >= 11 is 0. The lowest BCUT2D eigenvalue weighted by molar-refractivity contribution is 0.0472. The Morgan fingerprint density at radius 1 is 1.24 bits per heavy atom. The van der Waals surface area contributed by atoms with E-state index >= 15 is 0 Å². The number of aliphatic imine (C=N–C) groups is 1. The summed E-state index contributed by atoms with van der Waals surface area (Å²) in [6.07, 6.45) is 8.78. The Balaban J connectivity index is 2.17. The molecule has 34 heavy (non-hydrogen) atoms. The second-order valence-corrected chi connectivity index (χ2v) is 10.1. The smallest absolute Gasteiger partial charge is 0.256 e. The molecule has 2 aromatic carbocycles. The number of alkyl halides is 1. The molecule has 0 aliphatic rings. The van der Waals surface area contributed by atoms with Gasteiger partial charge in [-0.1, -0.05) is 40.1 Å². The van der Waals surface area contributed by atoms with Crippen molar-refractivity contribution in [2.75, 3.05) is 0 Å². The fourth-order valence-corrected chi connectivity index (χ4v) is 4.14. The number of hydrogen-bond donors (Lipinski definition) is 2. The van der Waals surface area contributed by atoms with E-state index in [0.717, 1.165) is 5.56 Å². The Morgan fingerprint density at radius 3 is 2.32 bits per heavy atom. The SMILES string of the molecule is C=C/C=C(\C=C/C)NC(=NCc1ccc(S(=O)(=O)c2ccc(OC(C)(F)P)cc2)cc1)NC#N. The molecule has 0 amide bonds. The molecule has 2 rings (SSSR count). The van der Waals surface area contributed by atoms with Gasteiger partial charge in [0.2, 0.25) is 15.8 Å². The van der Waals surface area contributed by atoms with Crippen molar-refractivity contribution in [1.29, 1.82) is 5.26 Å². The minimum absolute atomic E-state index is 0.0603. The number of nitriles is 1.